The van der Waals surface area contributed by atoms with E-state index in [0.29, 0.717) is 5.56 Å². The molecule has 1 amide bonds. The van der Waals surface area contributed by atoms with Crippen LogP contribution in [0.15, 0.2) is 22.7 Å². The lowest BCUT2D eigenvalue weighted by Crippen LogP contribution is -2.41. The van der Waals surface area contributed by atoms with Gasteiger partial charge in [-0.05, 0) is 51.4 Å². The Morgan fingerprint density at radius 3 is 2.19 bits per heavy atom. The average Bonchev–Trinajstić information content (AvgIpc) is 2.57. The van der Waals surface area contributed by atoms with Crippen molar-refractivity contribution in [2.75, 3.05) is 0 Å². The van der Waals surface area contributed by atoms with Crippen LogP contribution in [-0.4, -0.2) is 24.2 Å². The first kappa shape index (κ1) is 18.5. The molecule has 8 heteroatoms. The number of hydrogen-bond donors (Lipinski definition) is 2. The molecule has 0 bridgehead atoms. The zero-order valence-corrected chi connectivity index (χ0v) is 14.8. The minimum atomic E-state index is -0.512. The van der Waals surface area contributed by atoms with Crippen molar-refractivity contribution in [3.05, 3.63) is 28.2 Å². The van der Waals surface area contributed by atoms with Crippen LogP contribution in [0.25, 0.3) is 0 Å². The predicted octanol–water partition coefficient (Wildman–Crippen LogP) is 1.77. The molecule has 0 spiro atoms. The molecular formula is C13H19BBrClN2O3. The first-order valence-electron chi connectivity index (χ1n) is 6.33. The number of nitrogen functional groups attached to an aromatic ring is 1. The monoisotopic (exact) mass is 376 g/mol. The number of nitrogens with one attached hydrogen (secondary N) is 1. The molecule has 0 saturated carbocycles. The van der Waals surface area contributed by atoms with Gasteiger partial charge in [-0.15, -0.1) is 12.4 Å². The Kier molecular flexibility index (Phi) is 5.50. The van der Waals surface area contributed by atoms with Gasteiger partial charge in [-0.1, -0.05) is 15.9 Å². The summed E-state index contributed by atoms with van der Waals surface area (Å²) in [5.41, 5.74) is 2.50. The van der Waals surface area contributed by atoms with Gasteiger partial charge in [0.05, 0.1) is 11.2 Å². The first-order chi connectivity index (χ1) is 9.16. The van der Waals surface area contributed by atoms with Crippen LogP contribution >= 0.6 is 28.3 Å². The number of nitrogens with two attached hydrogens (primary N) is 1. The number of rotatable bonds is 2. The zero-order chi connectivity index (χ0) is 15.1. The van der Waals surface area contributed by atoms with Gasteiger partial charge in [0, 0.05) is 10.0 Å². The number of halogens is 2. The van der Waals surface area contributed by atoms with Crippen molar-refractivity contribution in [1.29, 1.82) is 0 Å². The molecule has 0 unspecified atom stereocenters. The van der Waals surface area contributed by atoms with E-state index in [1.807, 2.05) is 33.8 Å². The summed E-state index contributed by atoms with van der Waals surface area (Å²) in [5.74, 6) is 4.81. The lowest BCUT2D eigenvalue weighted by Gasteiger charge is -2.32. The van der Waals surface area contributed by atoms with Gasteiger partial charge in [-0.2, -0.15) is 0 Å². The predicted molar refractivity (Wildman–Crippen MR) is 88.8 cm³/mol. The third kappa shape index (κ3) is 3.60. The second-order valence-electron chi connectivity index (χ2n) is 5.83. The number of hydrazine groups is 1. The van der Waals surface area contributed by atoms with E-state index in [2.05, 4.69) is 21.4 Å². The summed E-state index contributed by atoms with van der Waals surface area (Å²) in [5, 5.41) is 0. The summed E-state index contributed by atoms with van der Waals surface area (Å²) in [7, 11) is -0.512. The molecule has 3 N–H and O–H groups in total. The third-order valence-electron chi connectivity index (χ3n) is 3.84. The minimum Gasteiger partial charge on any atom is -0.399 e. The molecule has 1 aromatic carbocycles. The fourth-order valence-electron chi connectivity index (χ4n) is 1.94. The zero-order valence-electron chi connectivity index (χ0n) is 12.4. The molecule has 1 aromatic rings. The standard InChI is InChI=1S/C13H18BBrN2O3.ClH/c1-12(2)13(3,4)20-14(19-12)9-5-8(11(18)17-16)6-10(15)7-9;/h5-7H,16H2,1-4H3,(H,17,18);1H. The normalized spacial score (nSPS) is 19.0. The summed E-state index contributed by atoms with van der Waals surface area (Å²) >= 11 is 3.38. The van der Waals surface area contributed by atoms with Crippen molar-refractivity contribution in [2.45, 2.75) is 38.9 Å². The highest BCUT2D eigenvalue weighted by atomic mass is 79.9. The molecule has 0 aliphatic carbocycles. The van der Waals surface area contributed by atoms with E-state index in [4.69, 9.17) is 15.2 Å². The molecule has 0 atom stereocenters. The molecule has 21 heavy (non-hydrogen) atoms. The van der Waals surface area contributed by atoms with Crippen LogP contribution in [0.5, 0.6) is 0 Å². The van der Waals surface area contributed by atoms with E-state index in [-0.39, 0.29) is 18.3 Å². The van der Waals surface area contributed by atoms with Gasteiger partial charge in [0.25, 0.3) is 5.91 Å². The molecule has 1 aliphatic rings. The van der Waals surface area contributed by atoms with E-state index in [9.17, 15) is 4.79 Å². The fourth-order valence-corrected chi connectivity index (χ4v) is 2.45. The van der Waals surface area contributed by atoms with Crippen molar-refractivity contribution in [1.82, 2.24) is 5.43 Å². The number of benzene rings is 1. The van der Waals surface area contributed by atoms with E-state index in [0.717, 1.165) is 9.94 Å². The molecular weight excluding hydrogens is 358 g/mol. The highest BCUT2D eigenvalue weighted by molar-refractivity contribution is 9.10. The molecule has 5 nitrogen and oxygen atoms in total. The maximum absolute atomic E-state index is 11.6. The molecule has 0 radical (unpaired) electrons. The SMILES string of the molecule is CC1(C)OB(c2cc(Br)cc(C(=O)NN)c2)OC1(C)C.Cl. The highest BCUT2D eigenvalue weighted by Crippen LogP contribution is 2.36. The van der Waals surface area contributed by atoms with E-state index >= 15 is 0 Å². The Hall–Kier alpha value is -0.595. The number of amides is 1. The van der Waals surface area contributed by atoms with Crippen LogP contribution in [0.4, 0.5) is 0 Å². The van der Waals surface area contributed by atoms with Crippen molar-refractivity contribution in [2.24, 2.45) is 5.84 Å². The van der Waals surface area contributed by atoms with Gasteiger partial charge < -0.3 is 9.31 Å². The van der Waals surface area contributed by atoms with Crippen LogP contribution in [0, 0.1) is 0 Å². The Labute approximate surface area is 139 Å². The van der Waals surface area contributed by atoms with Crippen molar-refractivity contribution < 1.29 is 14.1 Å². The Balaban J connectivity index is 0.00000220. The van der Waals surface area contributed by atoms with Crippen LogP contribution < -0.4 is 16.7 Å². The highest BCUT2D eigenvalue weighted by Gasteiger charge is 2.51. The van der Waals surface area contributed by atoms with Gasteiger partial charge >= 0.3 is 7.12 Å². The fraction of sp³-hybridized carbons (Fsp3) is 0.462. The molecule has 116 valence electrons. The van der Waals surface area contributed by atoms with Crippen molar-refractivity contribution in [3.8, 4) is 0 Å². The molecule has 1 saturated heterocycles. The number of carbonyl (C=O) groups is 1. The van der Waals surface area contributed by atoms with Gasteiger partial charge in [0.1, 0.15) is 0 Å². The second-order valence-corrected chi connectivity index (χ2v) is 6.75. The summed E-state index contributed by atoms with van der Waals surface area (Å²) in [6.07, 6.45) is 0. The van der Waals surface area contributed by atoms with Crippen molar-refractivity contribution in [3.63, 3.8) is 0 Å². The van der Waals surface area contributed by atoms with Crippen molar-refractivity contribution >= 4 is 46.8 Å². The largest absolute Gasteiger partial charge is 0.494 e. The topological polar surface area (TPSA) is 73.6 Å². The lowest BCUT2D eigenvalue weighted by atomic mass is 9.78. The Morgan fingerprint density at radius 1 is 1.19 bits per heavy atom. The molecule has 1 fully saturated rings. The van der Waals surface area contributed by atoms with Crippen LogP contribution in [-0.2, 0) is 9.31 Å². The molecule has 2 rings (SSSR count). The summed E-state index contributed by atoms with van der Waals surface area (Å²) in [4.78, 5) is 11.6. The van der Waals surface area contributed by atoms with E-state index in [1.165, 1.54) is 0 Å². The van der Waals surface area contributed by atoms with E-state index < -0.39 is 18.3 Å². The average molecular weight is 377 g/mol. The smallest absolute Gasteiger partial charge is 0.399 e. The lowest BCUT2D eigenvalue weighted by molar-refractivity contribution is 0.00578. The molecule has 1 heterocycles. The summed E-state index contributed by atoms with van der Waals surface area (Å²) in [6, 6.07) is 5.28. The second kappa shape index (κ2) is 6.26. The Bertz CT molecular complexity index is 538. The maximum Gasteiger partial charge on any atom is 0.494 e. The van der Waals surface area contributed by atoms with Gasteiger partial charge in [0.2, 0.25) is 0 Å². The van der Waals surface area contributed by atoms with Crippen LogP contribution in [0.1, 0.15) is 38.1 Å². The number of carbonyl (C=O) groups excluding carboxylic acids is 1. The third-order valence-corrected chi connectivity index (χ3v) is 4.30. The first-order valence-corrected chi connectivity index (χ1v) is 7.13. The molecule has 1 aliphatic heterocycles. The van der Waals surface area contributed by atoms with Crippen LogP contribution in [0.2, 0.25) is 0 Å². The van der Waals surface area contributed by atoms with Gasteiger partial charge in [-0.25, -0.2) is 5.84 Å². The number of hydrogen-bond acceptors (Lipinski definition) is 4. The summed E-state index contributed by atoms with van der Waals surface area (Å²) in [6.45, 7) is 7.94. The van der Waals surface area contributed by atoms with E-state index in [1.54, 1.807) is 12.1 Å². The van der Waals surface area contributed by atoms with Crippen LogP contribution in [0.3, 0.4) is 0 Å². The van der Waals surface area contributed by atoms with Gasteiger partial charge in [-0.3, -0.25) is 10.2 Å². The minimum absolute atomic E-state index is 0. The molecule has 0 aromatic heterocycles. The van der Waals surface area contributed by atoms with Gasteiger partial charge in [0.15, 0.2) is 0 Å². The quantitative estimate of drug-likeness (QED) is 0.357. The summed E-state index contributed by atoms with van der Waals surface area (Å²) < 4.78 is 12.7. The Morgan fingerprint density at radius 2 is 1.71 bits per heavy atom. The maximum atomic E-state index is 11.6.